The van der Waals surface area contributed by atoms with Crippen LogP contribution < -0.4 is 5.32 Å². The lowest BCUT2D eigenvalue weighted by Gasteiger charge is -2.54. The van der Waals surface area contributed by atoms with Gasteiger partial charge in [0.05, 0.1) is 0 Å². The van der Waals surface area contributed by atoms with Gasteiger partial charge in [-0.05, 0) is 57.1 Å². The van der Waals surface area contributed by atoms with Crippen molar-refractivity contribution in [3.63, 3.8) is 0 Å². The number of fused-ring (bicyclic) bond motifs is 3. The molecule has 1 aliphatic carbocycles. The molecule has 5 heterocycles. The second-order valence-electron chi connectivity index (χ2n) is 10.1. The van der Waals surface area contributed by atoms with Crippen LogP contribution in [0.15, 0.2) is 12.3 Å². The Labute approximate surface area is 195 Å². The van der Waals surface area contributed by atoms with Gasteiger partial charge in [-0.2, -0.15) is 4.39 Å². The zero-order valence-electron chi connectivity index (χ0n) is 19.5. The zero-order valence-corrected chi connectivity index (χ0v) is 19.5. The van der Waals surface area contributed by atoms with Crippen LogP contribution >= 0.6 is 0 Å². The molecule has 4 aliphatic heterocycles. The summed E-state index contributed by atoms with van der Waals surface area (Å²) in [7, 11) is 0. The van der Waals surface area contributed by atoms with Crippen LogP contribution in [0.4, 0.5) is 4.39 Å². The first kappa shape index (κ1) is 22.7. The molecule has 1 saturated carbocycles. The van der Waals surface area contributed by atoms with E-state index in [1.165, 1.54) is 12.6 Å². The lowest BCUT2D eigenvalue weighted by atomic mass is 9.86. The first-order chi connectivity index (χ1) is 16.0. The van der Waals surface area contributed by atoms with Crippen LogP contribution in [0.2, 0.25) is 0 Å². The number of piperidine rings is 2. The van der Waals surface area contributed by atoms with Gasteiger partial charge < -0.3 is 15.0 Å². The molecule has 7 nitrogen and oxygen atoms in total. The van der Waals surface area contributed by atoms with Crippen molar-refractivity contribution in [2.24, 2.45) is 0 Å². The summed E-state index contributed by atoms with van der Waals surface area (Å²) in [5.74, 6) is -0.489. The Bertz CT molecular complexity index is 884. The molecule has 0 aromatic carbocycles. The summed E-state index contributed by atoms with van der Waals surface area (Å²) in [6.07, 6.45) is 10.2. The SMILES string of the molecule is Cc1c(C(C(=O)NC2CCCCC2)N2CC3CCC2CN3C(=O)[C@@H]2CCCO2)ccnc1F. The van der Waals surface area contributed by atoms with E-state index in [4.69, 9.17) is 4.74 Å². The summed E-state index contributed by atoms with van der Waals surface area (Å²) in [5.41, 5.74) is 1.11. The Hall–Kier alpha value is -2.06. The summed E-state index contributed by atoms with van der Waals surface area (Å²) in [6, 6.07) is 1.51. The van der Waals surface area contributed by atoms with E-state index < -0.39 is 12.0 Å². The maximum atomic E-state index is 14.4. The highest BCUT2D eigenvalue weighted by Gasteiger charge is 2.47. The van der Waals surface area contributed by atoms with Crippen molar-refractivity contribution in [2.75, 3.05) is 19.7 Å². The third-order valence-corrected chi connectivity index (χ3v) is 8.07. The van der Waals surface area contributed by atoms with Gasteiger partial charge in [0.15, 0.2) is 0 Å². The lowest BCUT2D eigenvalue weighted by Crippen LogP contribution is -2.66. The van der Waals surface area contributed by atoms with Gasteiger partial charge in [0.2, 0.25) is 11.9 Å². The Morgan fingerprint density at radius 2 is 1.88 bits per heavy atom. The number of carbonyl (C=O) groups is 2. The molecule has 1 N–H and O–H groups in total. The van der Waals surface area contributed by atoms with E-state index in [1.807, 2.05) is 4.90 Å². The number of amides is 2. The first-order valence-electron chi connectivity index (χ1n) is 12.6. The number of piperazine rings is 1. The number of carbonyl (C=O) groups excluding carboxylic acids is 2. The fourth-order valence-electron chi connectivity index (χ4n) is 6.22. The molecule has 8 heteroatoms. The minimum Gasteiger partial charge on any atom is -0.368 e. The number of nitrogens with zero attached hydrogens (tertiary/aromatic N) is 3. The molecular weight excluding hydrogens is 423 g/mol. The van der Waals surface area contributed by atoms with Crippen LogP contribution in [0.25, 0.3) is 0 Å². The highest BCUT2D eigenvalue weighted by atomic mass is 19.1. The molecule has 1 aromatic heterocycles. The molecule has 2 amide bonds. The van der Waals surface area contributed by atoms with Crippen molar-refractivity contribution in [1.29, 1.82) is 0 Å². The molecule has 5 fully saturated rings. The van der Waals surface area contributed by atoms with Crippen LogP contribution in [0.3, 0.4) is 0 Å². The minimum atomic E-state index is -0.572. The predicted molar refractivity (Wildman–Crippen MR) is 121 cm³/mol. The van der Waals surface area contributed by atoms with E-state index in [9.17, 15) is 14.0 Å². The van der Waals surface area contributed by atoms with E-state index in [2.05, 4.69) is 15.2 Å². The fraction of sp³-hybridized carbons (Fsp3) is 0.720. The molecule has 4 saturated heterocycles. The highest BCUT2D eigenvalue weighted by molar-refractivity contribution is 5.84. The summed E-state index contributed by atoms with van der Waals surface area (Å²) in [5, 5.41) is 3.28. The van der Waals surface area contributed by atoms with Gasteiger partial charge >= 0.3 is 0 Å². The van der Waals surface area contributed by atoms with Gasteiger partial charge in [-0.15, -0.1) is 0 Å². The molecule has 0 spiro atoms. The standard InChI is InChI=1S/C25H35FN4O3/c1-16-20(11-12-27-23(16)26)22(24(31)28-17-6-3-2-4-7-17)29-14-19-10-9-18(29)15-30(19)25(32)21-8-5-13-33-21/h11-12,17-19,21-22H,2-10,13-15H2,1H3,(H,28,31)/t18?,19?,21-,22?/m0/s1. The van der Waals surface area contributed by atoms with Crippen molar-refractivity contribution in [2.45, 2.75) is 95.0 Å². The van der Waals surface area contributed by atoms with Gasteiger partial charge in [0, 0.05) is 49.6 Å². The molecule has 2 bridgehead atoms. The van der Waals surface area contributed by atoms with E-state index in [0.29, 0.717) is 30.8 Å². The van der Waals surface area contributed by atoms with Gasteiger partial charge in [-0.1, -0.05) is 19.3 Å². The molecule has 33 heavy (non-hydrogen) atoms. The molecule has 3 unspecified atom stereocenters. The Morgan fingerprint density at radius 1 is 1.09 bits per heavy atom. The van der Waals surface area contributed by atoms with Gasteiger partial charge in [0.1, 0.15) is 12.1 Å². The number of hydrogen-bond donors (Lipinski definition) is 1. The predicted octanol–water partition coefficient (Wildman–Crippen LogP) is 2.87. The maximum absolute atomic E-state index is 14.4. The monoisotopic (exact) mass is 458 g/mol. The molecule has 5 aliphatic rings. The average Bonchev–Trinajstić information content (AvgIpc) is 3.38. The third-order valence-electron chi connectivity index (χ3n) is 8.07. The van der Waals surface area contributed by atoms with Crippen LogP contribution in [0.1, 0.15) is 75.0 Å². The molecule has 0 radical (unpaired) electrons. The van der Waals surface area contributed by atoms with Crippen LogP contribution in [-0.2, 0) is 14.3 Å². The summed E-state index contributed by atoms with van der Waals surface area (Å²) >= 11 is 0. The number of nitrogens with one attached hydrogen (secondary N) is 1. The molecular formula is C25H35FN4O3. The number of rotatable bonds is 5. The molecule has 1 aromatic rings. The van der Waals surface area contributed by atoms with E-state index in [-0.39, 0.29) is 36.0 Å². The van der Waals surface area contributed by atoms with Crippen molar-refractivity contribution >= 4 is 11.8 Å². The van der Waals surface area contributed by atoms with Crippen molar-refractivity contribution < 1.29 is 18.7 Å². The highest BCUT2D eigenvalue weighted by Crippen LogP contribution is 2.37. The first-order valence-corrected chi connectivity index (χ1v) is 12.6. The Morgan fingerprint density at radius 3 is 2.58 bits per heavy atom. The number of pyridine rings is 1. The smallest absolute Gasteiger partial charge is 0.252 e. The van der Waals surface area contributed by atoms with Crippen LogP contribution in [0.5, 0.6) is 0 Å². The van der Waals surface area contributed by atoms with Gasteiger partial charge in [-0.25, -0.2) is 4.98 Å². The normalized spacial score (nSPS) is 29.3. The van der Waals surface area contributed by atoms with Gasteiger partial charge in [-0.3, -0.25) is 14.5 Å². The van der Waals surface area contributed by atoms with E-state index in [1.54, 1.807) is 13.0 Å². The molecule has 180 valence electrons. The quantitative estimate of drug-likeness (QED) is 0.687. The molecule has 6 rings (SSSR count). The van der Waals surface area contributed by atoms with Gasteiger partial charge in [0.25, 0.3) is 5.91 Å². The van der Waals surface area contributed by atoms with Crippen LogP contribution in [-0.4, -0.2) is 70.5 Å². The van der Waals surface area contributed by atoms with Crippen LogP contribution in [0, 0.1) is 12.9 Å². The number of hydrogen-bond acceptors (Lipinski definition) is 5. The summed E-state index contributed by atoms with van der Waals surface area (Å²) < 4.78 is 20.1. The Balaban J connectivity index is 1.39. The summed E-state index contributed by atoms with van der Waals surface area (Å²) in [6.45, 7) is 3.58. The maximum Gasteiger partial charge on any atom is 0.252 e. The largest absolute Gasteiger partial charge is 0.368 e. The summed E-state index contributed by atoms with van der Waals surface area (Å²) in [4.78, 5) is 34.7. The Kier molecular flexibility index (Phi) is 6.65. The molecule has 4 atom stereocenters. The van der Waals surface area contributed by atoms with E-state index in [0.717, 1.165) is 51.4 Å². The average molecular weight is 459 g/mol. The second-order valence-corrected chi connectivity index (χ2v) is 10.1. The topological polar surface area (TPSA) is 74.8 Å². The fourth-order valence-corrected chi connectivity index (χ4v) is 6.22. The number of ether oxygens (including phenoxy) is 1. The van der Waals surface area contributed by atoms with Crippen molar-refractivity contribution in [1.82, 2.24) is 20.1 Å². The lowest BCUT2D eigenvalue weighted by molar-refractivity contribution is -0.154. The number of aromatic nitrogens is 1. The second kappa shape index (κ2) is 9.66. The number of halogens is 1. The van der Waals surface area contributed by atoms with E-state index >= 15 is 0 Å². The zero-order chi connectivity index (χ0) is 22.9. The third kappa shape index (κ3) is 4.52. The van der Waals surface area contributed by atoms with Crippen molar-refractivity contribution in [3.8, 4) is 0 Å². The minimum absolute atomic E-state index is 0.0554. The van der Waals surface area contributed by atoms with Crippen molar-refractivity contribution in [3.05, 3.63) is 29.3 Å².